The van der Waals surface area contributed by atoms with Crippen molar-refractivity contribution in [2.45, 2.75) is 50.9 Å². The van der Waals surface area contributed by atoms with E-state index in [1.165, 1.54) is 83.5 Å². The molecular weight excluding hydrogens is 683 g/mol. The highest BCUT2D eigenvalue weighted by Gasteiger charge is 2.34. The summed E-state index contributed by atoms with van der Waals surface area (Å²) in [7, 11) is 0. The van der Waals surface area contributed by atoms with E-state index in [1.807, 2.05) is 0 Å². The first-order valence-corrected chi connectivity index (χ1v) is 20.1. The third-order valence-corrected chi connectivity index (χ3v) is 12.0. The molecule has 0 radical (unpaired) electrons. The molecule has 2 N–H and O–H groups in total. The van der Waals surface area contributed by atoms with Gasteiger partial charge < -0.3 is 14.5 Å². The molecule has 3 heterocycles. The summed E-state index contributed by atoms with van der Waals surface area (Å²) in [5, 5.41) is 10.5. The number of benzene rings is 5. The summed E-state index contributed by atoms with van der Waals surface area (Å²) in [5.74, 6) is 0.958. The predicted octanol–water partition coefficient (Wildman–Crippen LogP) is 11.5. The lowest BCUT2D eigenvalue weighted by atomic mass is 9.91. The molecule has 0 spiro atoms. The fourth-order valence-electron chi connectivity index (χ4n) is 9.47. The maximum Gasteiger partial charge on any atom is 0.131 e. The van der Waals surface area contributed by atoms with E-state index in [-0.39, 0.29) is 12.3 Å². The molecule has 0 saturated carbocycles. The SMILES string of the molecule is C1=CCCC(C2N=C(C3=CCCC=C3)NC(c3ccccc3-n3c4c(c5ccccc53)CCc3c-4n(-c4cccc(-c5ccccc5)c4)c4ccccc34)N2)=C1. The summed E-state index contributed by atoms with van der Waals surface area (Å²) < 4.78 is 5.11. The van der Waals surface area contributed by atoms with Crippen LogP contribution in [0.3, 0.4) is 0 Å². The van der Waals surface area contributed by atoms with Crippen LogP contribution in [0.2, 0.25) is 0 Å². The third kappa shape index (κ3) is 5.45. The topological polar surface area (TPSA) is 46.3 Å². The molecule has 2 aromatic heterocycles. The zero-order valence-corrected chi connectivity index (χ0v) is 31.3. The van der Waals surface area contributed by atoms with Crippen molar-refractivity contribution in [1.29, 1.82) is 0 Å². The zero-order chi connectivity index (χ0) is 37.0. The van der Waals surface area contributed by atoms with Crippen molar-refractivity contribution in [2.75, 3.05) is 0 Å². The normalized spacial score (nSPS) is 18.9. The Kier molecular flexibility index (Phi) is 8.06. The number of rotatable bonds is 6. The van der Waals surface area contributed by atoms with Crippen LogP contribution in [-0.4, -0.2) is 21.1 Å². The Bertz CT molecular complexity index is 2820. The molecule has 2 atom stereocenters. The second-order valence-electron chi connectivity index (χ2n) is 15.3. The molecule has 5 heteroatoms. The Labute approximate surface area is 327 Å². The van der Waals surface area contributed by atoms with Crippen LogP contribution in [0.5, 0.6) is 0 Å². The van der Waals surface area contributed by atoms with Crippen LogP contribution in [0.1, 0.15) is 48.5 Å². The van der Waals surface area contributed by atoms with E-state index in [1.54, 1.807) is 0 Å². The van der Waals surface area contributed by atoms with Gasteiger partial charge in [-0.3, -0.25) is 5.32 Å². The molecule has 11 rings (SSSR count). The van der Waals surface area contributed by atoms with Gasteiger partial charge in [-0.25, -0.2) is 4.99 Å². The van der Waals surface area contributed by atoms with Crippen LogP contribution in [0.15, 0.2) is 180 Å². The van der Waals surface area contributed by atoms with Gasteiger partial charge in [-0.05, 0) is 96.7 Å². The Morgan fingerprint density at radius 1 is 0.607 bits per heavy atom. The lowest BCUT2D eigenvalue weighted by Gasteiger charge is -2.35. The first-order valence-electron chi connectivity index (χ1n) is 20.1. The number of amidine groups is 1. The zero-order valence-electron chi connectivity index (χ0n) is 31.3. The maximum atomic E-state index is 5.31. The van der Waals surface area contributed by atoms with Gasteiger partial charge in [0.25, 0.3) is 0 Å². The van der Waals surface area contributed by atoms with Gasteiger partial charge in [-0.2, -0.15) is 0 Å². The number of nitrogens with one attached hydrogen (secondary N) is 2. The first-order chi connectivity index (χ1) is 27.8. The van der Waals surface area contributed by atoms with Crippen LogP contribution in [0, 0.1) is 0 Å². The summed E-state index contributed by atoms with van der Waals surface area (Å²) in [4.78, 5) is 5.31. The van der Waals surface area contributed by atoms with Crippen molar-refractivity contribution in [2.24, 2.45) is 4.99 Å². The Hall–Kier alpha value is -6.43. The fraction of sp³-hybridized carbons (Fsp3) is 0.157. The number of aliphatic imine (C=N–C) groups is 1. The summed E-state index contributed by atoms with van der Waals surface area (Å²) in [6.45, 7) is 0. The highest BCUT2D eigenvalue weighted by Crippen LogP contribution is 2.47. The lowest BCUT2D eigenvalue weighted by Crippen LogP contribution is -2.49. The lowest BCUT2D eigenvalue weighted by molar-refractivity contribution is 0.424. The average molecular weight is 726 g/mol. The molecule has 0 saturated heterocycles. The Morgan fingerprint density at radius 2 is 1.32 bits per heavy atom. The Morgan fingerprint density at radius 3 is 2.09 bits per heavy atom. The second-order valence-corrected chi connectivity index (χ2v) is 15.3. The van der Waals surface area contributed by atoms with E-state index in [9.17, 15) is 0 Å². The molecule has 1 aliphatic heterocycles. The van der Waals surface area contributed by atoms with Gasteiger partial charge in [0.15, 0.2) is 0 Å². The van der Waals surface area contributed by atoms with E-state index in [0.29, 0.717) is 0 Å². The summed E-state index contributed by atoms with van der Waals surface area (Å²) in [6.07, 6.45) is 19.4. The number of allylic oxidation sites excluding steroid dienone is 5. The molecule has 7 aromatic rings. The maximum absolute atomic E-state index is 5.31. The number of aryl methyl sites for hydroxylation is 2. The molecule has 56 heavy (non-hydrogen) atoms. The van der Waals surface area contributed by atoms with Gasteiger partial charge in [0.1, 0.15) is 18.2 Å². The number of aromatic nitrogens is 2. The minimum atomic E-state index is -0.167. The molecule has 5 nitrogen and oxygen atoms in total. The van der Waals surface area contributed by atoms with Crippen LogP contribution in [0.4, 0.5) is 0 Å². The fourth-order valence-corrected chi connectivity index (χ4v) is 9.47. The smallest absolute Gasteiger partial charge is 0.131 e. The first kappa shape index (κ1) is 33.0. The van der Waals surface area contributed by atoms with Gasteiger partial charge in [0, 0.05) is 27.6 Å². The van der Waals surface area contributed by atoms with E-state index in [4.69, 9.17) is 4.99 Å². The quantitative estimate of drug-likeness (QED) is 0.179. The highest BCUT2D eigenvalue weighted by molar-refractivity contribution is 6.03. The van der Waals surface area contributed by atoms with Gasteiger partial charge >= 0.3 is 0 Å². The molecule has 4 aliphatic rings. The van der Waals surface area contributed by atoms with Crippen LogP contribution in [-0.2, 0) is 12.8 Å². The number of hydrogen-bond donors (Lipinski definition) is 2. The van der Waals surface area contributed by atoms with Gasteiger partial charge in [-0.15, -0.1) is 0 Å². The van der Waals surface area contributed by atoms with Crippen LogP contribution < -0.4 is 10.6 Å². The molecular formula is C51H43N5. The van der Waals surface area contributed by atoms with Gasteiger partial charge in [0.2, 0.25) is 0 Å². The predicted molar refractivity (Wildman–Crippen MR) is 232 cm³/mol. The average Bonchev–Trinajstić information content (AvgIpc) is 3.80. The molecule has 272 valence electrons. The van der Waals surface area contributed by atoms with Crippen LogP contribution >= 0.6 is 0 Å². The molecule has 0 bridgehead atoms. The molecule has 0 amide bonds. The van der Waals surface area contributed by atoms with Crippen molar-refractivity contribution in [1.82, 2.24) is 19.8 Å². The summed E-state index contributed by atoms with van der Waals surface area (Å²) in [5.41, 5.74) is 16.3. The Balaban J connectivity index is 1.13. The molecule has 0 fully saturated rings. The summed E-state index contributed by atoms with van der Waals surface area (Å²) in [6, 6.07) is 46.8. The number of para-hydroxylation sites is 3. The van der Waals surface area contributed by atoms with E-state index >= 15 is 0 Å². The van der Waals surface area contributed by atoms with Crippen molar-refractivity contribution < 1.29 is 0 Å². The van der Waals surface area contributed by atoms with Crippen molar-refractivity contribution in [3.63, 3.8) is 0 Å². The third-order valence-electron chi connectivity index (χ3n) is 12.0. The number of fused-ring (bicyclic) bond motifs is 7. The number of nitrogens with zero attached hydrogens (tertiary/aromatic N) is 3. The van der Waals surface area contributed by atoms with Crippen molar-refractivity contribution in [3.8, 4) is 33.9 Å². The van der Waals surface area contributed by atoms with Crippen LogP contribution in [0.25, 0.3) is 55.7 Å². The highest BCUT2D eigenvalue weighted by atomic mass is 15.3. The standard InChI is InChI=1S/C51H43N5/c1-4-17-34(18-5-1)37-23-16-24-38(33-37)55-44-28-13-10-25-39(44)41-31-32-42-40-26-11-14-29-45(40)56(48(42)47(41)55)46-30-15-12-27-43(46)51-53-49(35-19-6-2-7-20-35)52-50(54-51)36-21-8-3-9-22-36/h1-2,4-6,8,10-19,21-30,33,49,51,53H,3,7,9,20,31-32H2,(H,52,54). The second kappa shape index (κ2) is 13.7. The summed E-state index contributed by atoms with van der Waals surface area (Å²) >= 11 is 0. The minimum absolute atomic E-state index is 0.119. The molecule has 2 unspecified atom stereocenters. The monoisotopic (exact) mass is 725 g/mol. The minimum Gasteiger partial charge on any atom is -0.350 e. The van der Waals surface area contributed by atoms with Gasteiger partial charge in [0.05, 0.1) is 28.1 Å². The van der Waals surface area contributed by atoms with Crippen molar-refractivity contribution >= 4 is 27.6 Å². The largest absolute Gasteiger partial charge is 0.350 e. The van der Waals surface area contributed by atoms with E-state index < -0.39 is 0 Å². The van der Waals surface area contributed by atoms with E-state index in [0.717, 1.165) is 44.4 Å². The number of hydrogen-bond acceptors (Lipinski definition) is 3. The molecule has 3 aliphatic carbocycles. The van der Waals surface area contributed by atoms with E-state index in [2.05, 4.69) is 184 Å². The van der Waals surface area contributed by atoms with Crippen molar-refractivity contribution in [3.05, 3.63) is 192 Å². The molecule has 5 aromatic carbocycles. The van der Waals surface area contributed by atoms with Gasteiger partial charge in [-0.1, -0.05) is 134 Å².